The minimum Gasteiger partial charge on any atom is -0.591 e. The fourth-order valence-electron chi connectivity index (χ4n) is 1.85. The first-order chi connectivity index (χ1) is 10.8. The lowest BCUT2D eigenvalue weighted by Crippen LogP contribution is -2.25. The number of hydrogen-bond acceptors (Lipinski definition) is 4. The standard InChI is InChI=1S/C17H16BrN3OS/c1-17(2,3)23(22)21-11-16-15(10-19)14(7-8-20-16)12-5-4-6-13(18)9-12/h4-9,11H,1-3H3/b21-11+. The highest BCUT2D eigenvalue weighted by atomic mass is 79.9. The lowest BCUT2D eigenvalue weighted by Gasteiger charge is -2.17. The summed E-state index contributed by atoms with van der Waals surface area (Å²) in [5, 5.41) is 9.52. The van der Waals surface area contributed by atoms with Crippen LogP contribution in [0.1, 0.15) is 32.0 Å². The van der Waals surface area contributed by atoms with Crippen LogP contribution in [0.15, 0.2) is 45.4 Å². The minimum atomic E-state index is -1.39. The maximum Gasteiger partial charge on any atom is 0.144 e. The smallest absolute Gasteiger partial charge is 0.144 e. The summed E-state index contributed by atoms with van der Waals surface area (Å²) in [6, 6.07) is 11.7. The molecule has 2 aromatic rings. The lowest BCUT2D eigenvalue weighted by atomic mass is 10.0. The maximum absolute atomic E-state index is 12.0. The van der Waals surface area contributed by atoms with E-state index >= 15 is 0 Å². The highest BCUT2D eigenvalue weighted by Crippen LogP contribution is 2.27. The van der Waals surface area contributed by atoms with Crippen LogP contribution in [-0.2, 0) is 11.4 Å². The predicted octanol–water partition coefficient (Wildman–Crippen LogP) is 4.26. The van der Waals surface area contributed by atoms with Gasteiger partial charge in [-0.2, -0.15) is 5.26 Å². The van der Waals surface area contributed by atoms with Gasteiger partial charge in [-0.3, -0.25) is 4.98 Å². The second-order valence-corrected chi connectivity index (χ2v) is 8.69. The van der Waals surface area contributed by atoms with Crippen LogP contribution in [0, 0.1) is 11.3 Å². The zero-order chi connectivity index (χ0) is 17.0. The van der Waals surface area contributed by atoms with E-state index in [4.69, 9.17) is 0 Å². The third kappa shape index (κ3) is 4.41. The van der Waals surface area contributed by atoms with Crippen LogP contribution in [0.4, 0.5) is 0 Å². The summed E-state index contributed by atoms with van der Waals surface area (Å²) in [7, 11) is 0. The van der Waals surface area contributed by atoms with Crippen molar-refractivity contribution in [2.24, 2.45) is 4.40 Å². The summed E-state index contributed by atoms with van der Waals surface area (Å²) in [6.45, 7) is 5.53. The molecule has 23 heavy (non-hydrogen) atoms. The van der Waals surface area contributed by atoms with Gasteiger partial charge in [-0.15, -0.1) is 0 Å². The molecule has 0 radical (unpaired) electrons. The Morgan fingerprint density at radius 1 is 1.35 bits per heavy atom. The molecular weight excluding hydrogens is 374 g/mol. The van der Waals surface area contributed by atoms with Crippen molar-refractivity contribution >= 4 is 33.5 Å². The number of halogens is 1. The van der Waals surface area contributed by atoms with E-state index in [1.54, 1.807) is 12.3 Å². The van der Waals surface area contributed by atoms with Crippen molar-refractivity contribution in [3.05, 3.63) is 52.3 Å². The van der Waals surface area contributed by atoms with Crippen molar-refractivity contribution in [3.63, 3.8) is 0 Å². The third-order valence-corrected chi connectivity index (χ3v) is 4.86. The Bertz CT molecular complexity index is 778. The molecule has 1 aromatic heterocycles. The molecule has 0 aliphatic heterocycles. The molecule has 0 spiro atoms. The normalized spacial score (nSPS) is 13.0. The van der Waals surface area contributed by atoms with E-state index in [-0.39, 0.29) is 0 Å². The van der Waals surface area contributed by atoms with Crippen molar-refractivity contribution in [2.45, 2.75) is 25.5 Å². The number of pyridine rings is 1. The molecule has 0 N–H and O–H groups in total. The molecule has 1 atom stereocenters. The van der Waals surface area contributed by atoms with Gasteiger partial charge in [-0.25, -0.2) is 0 Å². The fraction of sp³-hybridized carbons (Fsp3) is 0.235. The van der Waals surface area contributed by atoms with Crippen LogP contribution >= 0.6 is 15.9 Å². The summed E-state index contributed by atoms with van der Waals surface area (Å²) in [4.78, 5) is 4.19. The Balaban J connectivity index is 2.46. The molecule has 1 aromatic carbocycles. The number of aromatic nitrogens is 1. The maximum atomic E-state index is 12.0. The molecule has 0 amide bonds. The summed E-state index contributed by atoms with van der Waals surface area (Å²) < 4.78 is 16.6. The van der Waals surface area contributed by atoms with Crippen molar-refractivity contribution in [1.29, 1.82) is 5.26 Å². The molecular formula is C17H16BrN3OS. The third-order valence-electron chi connectivity index (χ3n) is 3.02. The second kappa shape index (κ2) is 7.26. The molecule has 4 nitrogen and oxygen atoms in total. The van der Waals surface area contributed by atoms with E-state index in [1.165, 1.54) is 6.21 Å². The Morgan fingerprint density at radius 3 is 2.70 bits per heavy atom. The number of nitriles is 1. The van der Waals surface area contributed by atoms with Crippen LogP contribution in [0.2, 0.25) is 0 Å². The van der Waals surface area contributed by atoms with Crippen molar-refractivity contribution in [1.82, 2.24) is 4.98 Å². The molecule has 6 heteroatoms. The summed E-state index contributed by atoms with van der Waals surface area (Å²) in [5.41, 5.74) is 2.51. The summed E-state index contributed by atoms with van der Waals surface area (Å²) in [6.07, 6.45) is 3.04. The first-order valence-corrected chi connectivity index (χ1v) is 8.84. The van der Waals surface area contributed by atoms with E-state index < -0.39 is 16.1 Å². The highest BCUT2D eigenvalue weighted by molar-refractivity contribution is 9.10. The Morgan fingerprint density at radius 2 is 2.09 bits per heavy atom. The highest BCUT2D eigenvalue weighted by Gasteiger charge is 2.26. The Hall–Kier alpha value is -1.68. The zero-order valence-corrected chi connectivity index (χ0v) is 15.5. The van der Waals surface area contributed by atoms with Crippen LogP contribution < -0.4 is 0 Å². The number of nitrogens with zero attached hydrogens (tertiary/aromatic N) is 3. The van der Waals surface area contributed by atoms with E-state index in [0.717, 1.165) is 15.6 Å². The van der Waals surface area contributed by atoms with Crippen LogP contribution in [0.5, 0.6) is 0 Å². The van der Waals surface area contributed by atoms with Gasteiger partial charge >= 0.3 is 0 Å². The van der Waals surface area contributed by atoms with Crippen LogP contribution in [0.3, 0.4) is 0 Å². The Kier molecular flexibility index (Phi) is 5.58. The van der Waals surface area contributed by atoms with E-state index in [1.807, 2.05) is 45.0 Å². The number of rotatable bonds is 3. The van der Waals surface area contributed by atoms with Crippen molar-refractivity contribution in [2.75, 3.05) is 0 Å². The van der Waals surface area contributed by atoms with E-state index in [2.05, 4.69) is 31.4 Å². The van der Waals surface area contributed by atoms with E-state index in [0.29, 0.717) is 11.3 Å². The predicted molar refractivity (Wildman–Crippen MR) is 97.6 cm³/mol. The SMILES string of the molecule is CC(C)(C)[S+]([O-])/N=C/c1nccc(-c2cccc(Br)c2)c1C#N. The average Bonchev–Trinajstić information content (AvgIpc) is 2.51. The fourth-order valence-corrected chi connectivity index (χ4v) is 2.76. The van der Waals surface area contributed by atoms with Gasteiger partial charge in [0.2, 0.25) is 0 Å². The van der Waals surface area contributed by atoms with Gasteiger partial charge in [-0.05, 0) is 44.5 Å². The number of hydrogen-bond donors (Lipinski definition) is 0. The van der Waals surface area contributed by atoms with Crippen molar-refractivity contribution in [3.8, 4) is 17.2 Å². The molecule has 2 rings (SSSR count). The van der Waals surface area contributed by atoms with Gasteiger partial charge in [0, 0.05) is 16.2 Å². The van der Waals surface area contributed by atoms with Crippen LogP contribution in [-0.4, -0.2) is 20.5 Å². The zero-order valence-electron chi connectivity index (χ0n) is 13.1. The number of benzene rings is 1. The molecule has 1 heterocycles. The molecule has 0 saturated heterocycles. The summed E-state index contributed by atoms with van der Waals surface area (Å²) in [5.74, 6) is 0. The van der Waals surface area contributed by atoms with Gasteiger partial charge in [0.05, 0.1) is 5.56 Å². The van der Waals surface area contributed by atoms with Gasteiger partial charge in [0.25, 0.3) is 0 Å². The van der Waals surface area contributed by atoms with Gasteiger partial charge in [0.1, 0.15) is 34.1 Å². The average molecular weight is 390 g/mol. The van der Waals surface area contributed by atoms with E-state index in [9.17, 15) is 9.81 Å². The van der Waals surface area contributed by atoms with Gasteiger partial charge in [-0.1, -0.05) is 32.5 Å². The molecule has 0 fully saturated rings. The van der Waals surface area contributed by atoms with Crippen molar-refractivity contribution < 1.29 is 4.55 Å². The first-order valence-electron chi connectivity index (χ1n) is 6.94. The molecule has 0 aliphatic rings. The Labute approximate surface area is 147 Å². The molecule has 0 bridgehead atoms. The quantitative estimate of drug-likeness (QED) is 0.581. The van der Waals surface area contributed by atoms with Gasteiger partial charge in [0.15, 0.2) is 0 Å². The summed E-state index contributed by atoms with van der Waals surface area (Å²) >= 11 is 2.04. The molecule has 0 aliphatic carbocycles. The molecule has 0 saturated carbocycles. The topological polar surface area (TPSA) is 72.1 Å². The first kappa shape index (κ1) is 17.7. The molecule has 118 valence electrons. The lowest BCUT2D eigenvalue weighted by molar-refractivity contribution is 0.562. The van der Waals surface area contributed by atoms with Crippen LogP contribution in [0.25, 0.3) is 11.1 Å². The second-order valence-electron chi connectivity index (χ2n) is 5.84. The molecule has 1 unspecified atom stereocenters. The monoisotopic (exact) mass is 389 g/mol. The largest absolute Gasteiger partial charge is 0.591 e. The van der Waals surface area contributed by atoms with Gasteiger partial charge < -0.3 is 4.55 Å². The minimum absolute atomic E-state index is 0.417.